The number of hydrogen-bond donors (Lipinski definition) is 2. The molecule has 1 aromatic rings. The Balaban J connectivity index is 1.80. The van der Waals surface area contributed by atoms with Gasteiger partial charge in [-0.2, -0.15) is 0 Å². The minimum absolute atomic E-state index is 0.0675. The molecule has 0 aromatic heterocycles. The highest BCUT2D eigenvalue weighted by Crippen LogP contribution is 2.32. The van der Waals surface area contributed by atoms with Gasteiger partial charge in [-0.1, -0.05) is 0 Å². The van der Waals surface area contributed by atoms with Gasteiger partial charge in [0.25, 0.3) is 5.91 Å². The van der Waals surface area contributed by atoms with Gasteiger partial charge in [-0.25, -0.2) is 0 Å². The highest BCUT2D eigenvalue weighted by atomic mass is 16.5. The van der Waals surface area contributed by atoms with Gasteiger partial charge in [-0.05, 0) is 31.0 Å². The van der Waals surface area contributed by atoms with E-state index in [1.165, 1.54) is 7.11 Å². The Hall–Kier alpha value is -2.65. The Morgan fingerprint density at radius 2 is 2.14 bits per heavy atom. The Kier molecular flexibility index (Phi) is 6.15. The van der Waals surface area contributed by atoms with E-state index in [1.54, 1.807) is 30.1 Å². The largest absolute Gasteiger partial charge is 0.490 e. The molecule has 28 heavy (non-hydrogen) atoms. The maximum Gasteiger partial charge on any atom is 0.305 e. The number of rotatable bonds is 5. The number of carbonyl (C=O) groups is 3. The van der Waals surface area contributed by atoms with Gasteiger partial charge in [0.2, 0.25) is 5.91 Å². The minimum Gasteiger partial charge on any atom is -0.490 e. The molecule has 9 heteroatoms. The molecular weight excluding hydrogens is 368 g/mol. The van der Waals surface area contributed by atoms with Gasteiger partial charge in [0.15, 0.2) is 0 Å². The van der Waals surface area contributed by atoms with Crippen molar-refractivity contribution in [1.82, 2.24) is 4.90 Å². The van der Waals surface area contributed by atoms with Gasteiger partial charge >= 0.3 is 5.97 Å². The zero-order valence-corrected chi connectivity index (χ0v) is 15.8. The molecule has 2 N–H and O–H groups in total. The molecule has 0 unspecified atom stereocenters. The number of benzene rings is 1. The van der Waals surface area contributed by atoms with Crippen LogP contribution in [0.25, 0.3) is 0 Å². The quantitative estimate of drug-likeness (QED) is 0.772. The molecule has 2 amide bonds. The van der Waals surface area contributed by atoms with Crippen molar-refractivity contribution in [2.24, 2.45) is 0 Å². The van der Waals surface area contributed by atoms with E-state index in [2.05, 4.69) is 5.32 Å². The predicted molar refractivity (Wildman–Crippen MR) is 98.5 cm³/mol. The third-order valence-electron chi connectivity index (χ3n) is 4.97. The number of carbonyl (C=O) groups excluding carboxylic acids is 2. The maximum atomic E-state index is 13.0. The molecule has 0 aliphatic carbocycles. The standard InChI is InChI=1S/C19H24N2O7/c1-21-14-5-4-12(8-18(23)24)28-16(14)9-27-15-6-3-11(7-13(15)19(21)25)20-17(22)10-26-2/h3,6-7,12,14,16H,4-5,8-10H2,1-2H3,(H,20,22)(H,23,24)/t12-,14+,16-/m1/s1. The second kappa shape index (κ2) is 8.57. The zero-order valence-electron chi connectivity index (χ0n) is 15.8. The lowest BCUT2D eigenvalue weighted by molar-refractivity contribution is -0.148. The first-order chi connectivity index (χ1) is 13.4. The van der Waals surface area contributed by atoms with Crippen LogP contribution in [0, 0.1) is 0 Å². The number of nitrogens with zero attached hydrogens (tertiary/aromatic N) is 1. The van der Waals surface area contributed by atoms with Crippen LogP contribution in [0.15, 0.2) is 18.2 Å². The Labute approximate surface area is 162 Å². The van der Waals surface area contributed by atoms with Gasteiger partial charge in [-0.3, -0.25) is 14.4 Å². The van der Waals surface area contributed by atoms with Crippen LogP contribution in [0.3, 0.4) is 0 Å². The van der Waals surface area contributed by atoms with Crippen LogP contribution in [0.5, 0.6) is 5.75 Å². The van der Waals surface area contributed by atoms with Crippen LogP contribution >= 0.6 is 0 Å². The molecular formula is C19H24N2O7. The van der Waals surface area contributed by atoms with Crippen molar-refractivity contribution >= 4 is 23.5 Å². The fourth-order valence-corrected chi connectivity index (χ4v) is 3.63. The smallest absolute Gasteiger partial charge is 0.305 e. The van der Waals surface area contributed by atoms with Crippen LogP contribution in [0.4, 0.5) is 5.69 Å². The molecule has 152 valence electrons. The molecule has 2 heterocycles. The fourth-order valence-electron chi connectivity index (χ4n) is 3.63. The molecule has 2 aliphatic rings. The Bertz CT molecular complexity index is 767. The van der Waals surface area contributed by atoms with E-state index < -0.39 is 12.1 Å². The van der Waals surface area contributed by atoms with E-state index in [0.29, 0.717) is 29.8 Å². The van der Waals surface area contributed by atoms with E-state index >= 15 is 0 Å². The summed E-state index contributed by atoms with van der Waals surface area (Å²) in [4.78, 5) is 37.3. The van der Waals surface area contributed by atoms with Crippen molar-refractivity contribution in [3.05, 3.63) is 23.8 Å². The minimum atomic E-state index is -0.909. The summed E-state index contributed by atoms with van der Waals surface area (Å²) in [6.07, 6.45) is 0.338. The highest BCUT2D eigenvalue weighted by molar-refractivity contribution is 6.00. The summed E-state index contributed by atoms with van der Waals surface area (Å²) >= 11 is 0. The van der Waals surface area contributed by atoms with E-state index in [4.69, 9.17) is 19.3 Å². The number of nitrogens with one attached hydrogen (secondary N) is 1. The number of methoxy groups -OCH3 is 1. The van der Waals surface area contributed by atoms with Crippen molar-refractivity contribution in [3.8, 4) is 5.75 Å². The van der Waals surface area contributed by atoms with Gasteiger partial charge in [0.1, 0.15) is 25.1 Å². The van der Waals surface area contributed by atoms with Crippen LogP contribution in [-0.4, -0.2) is 73.4 Å². The molecule has 0 saturated carbocycles. The molecule has 0 bridgehead atoms. The number of anilines is 1. The van der Waals surface area contributed by atoms with Crippen LogP contribution in [0.2, 0.25) is 0 Å². The molecule has 2 aliphatic heterocycles. The number of amides is 2. The summed E-state index contributed by atoms with van der Waals surface area (Å²) in [6.45, 7) is 0.126. The average Bonchev–Trinajstić information content (AvgIpc) is 2.65. The molecule has 1 fully saturated rings. The van der Waals surface area contributed by atoms with E-state index in [0.717, 1.165) is 0 Å². The fraction of sp³-hybridized carbons (Fsp3) is 0.526. The molecule has 0 radical (unpaired) electrons. The lowest BCUT2D eigenvalue weighted by atomic mass is 9.94. The van der Waals surface area contributed by atoms with Crippen LogP contribution in [0.1, 0.15) is 29.6 Å². The SMILES string of the molecule is COCC(=O)Nc1ccc2c(c1)C(=O)N(C)[C@H]1CC[C@H](CC(=O)O)O[C@@H]1CO2. The first-order valence-corrected chi connectivity index (χ1v) is 9.09. The van der Waals surface area contributed by atoms with Crippen molar-refractivity contribution < 1.29 is 33.7 Å². The molecule has 9 nitrogen and oxygen atoms in total. The molecule has 1 aromatic carbocycles. The first kappa shape index (κ1) is 20.1. The summed E-state index contributed by atoms with van der Waals surface area (Å²) in [5.41, 5.74) is 0.827. The summed E-state index contributed by atoms with van der Waals surface area (Å²) in [7, 11) is 3.13. The molecule has 3 rings (SSSR count). The third-order valence-corrected chi connectivity index (χ3v) is 4.97. The van der Waals surface area contributed by atoms with Gasteiger partial charge in [-0.15, -0.1) is 0 Å². The molecule has 0 spiro atoms. The lowest BCUT2D eigenvalue weighted by Gasteiger charge is -2.42. The van der Waals surface area contributed by atoms with E-state index in [1.807, 2.05) is 0 Å². The Morgan fingerprint density at radius 1 is 1.36 bits per heavy atom. The van der Waals surface area contributed by atoms with E-state index in [-0.39, 0.29) is 43.6 Å². The number of ether oxygens (including phenoxy) is 3. The Morgan fingerprint density at radius 3 is 2.86 bits per heavy atom. The number of fused-ring (bicyclic) bond motifs is 2. The van der Waals surface area contributed by atoms with Crippen LogP contribution < -0.4 is 10.1 Å². The second-order valence-corrected chi connectivity index (χ2v) is 6.96. The van der Waals surface area contributed by atoms with E-state index in [9.17, 15) is 14.4 Å². The predicted octanol–water partition coefficient (Wildman–Crippen LogP) is 1.13. The second-order valence-electron chi connectivity index (χ2n) is 6.96. The average molecular weight is 392 g/mol. The van der Waals surface area contributed by atoms with Gasteiger partial charge in [0, 0.05) is 19.8 Å². The normalized spacial score (nSPS) is 24.3. The lowest BCUT2D eigenvalue weighted by Crippen LogP contribution is -2.53. The number of hydrogen-bond acceptors (Lipinski definition) is 6. The van der Waals surface area contributed by atoms with Gasteiger partial charge in [0.05, 0.1) is 24.1 Å². The van der Waals surface area contributed by atoms with Crippen LogP contribution in [-0.2, 0) is 19.1 Å². The summed E-state index contributed by atoms with van der Waals surface area (Å²) in [6, 6.07) is 4.64. The zero-order chi connectivity index (χ0) is 20.3. The maximum absolute atomic E-state index is 13.0. The topological polar surface area (TPSA) is 114 Å². The summed E-state index contributed by atoms with van der Waals surface area (Å²) < 4.78 is 16.5. The summed E-state index contributed by atoms with van der Waals surface area (Å²) in [5, 5.41) is 11.7. The summed E-state index contributed by atoms with van der Waals surface area (Å²) in [5.74, 6) is -1.08. The van der Waals surface area contributed by atoms with Crippen molar-refractivity contribution in [1.29, 1.82) is 0 Å². The first-order valence-electron chi connectivity index (χ1n) is 9.09. The monoisotopic (exact) mass is 392 g/mol. The third kappa shape index (κ3) is 4.42. The molecule has 3 atom stereocenters. The molecule has 1 saturated heterocycles. The van der Waals surface area contributed by atoms with Gasteiger partial charge < -0.3 is 29.5 Å². The van der Waals surface area contributed by atoms with Crippen molar-refractivity contribution in [2.45, 2.75) is 37.5 Å². The van der Waals surface area contributed by atoms with Crippen molar-refractivity contribution in [2.75, 3.05) is 32.7 Å². The number of carboxylic acids is 1. The highest BCUT2D eigenvalue weighted by Gasteiger charge is 2.39. The van der Waals surface area contributed by atoms with Crippen molar-refractivity contribution in [3.63, 3.8) is 0 Å². The number of aliphatic carboxylic acids is 1. The number of carboxylic acid groups (broad SMARTS) is 1. The number of likely N-dealkylation sites (N-methyl/N-ethyl adjacent to an activating group) is 1.